The number of fused-ring (bicyclic) bond motifs is 1. The minimum Gasteiger partial charge on any atom is -0.322 e. The minimum atomic E-state index is -0.107. The van der Waals surface area contributed by atoms with Crippen LogP contribution in [0.5, 0.6) is 0 Å². The first-order valence-corrected chi connectivity index (χ1v) is 7.96. The lowest BCUT2D eigenvalue weighted by molar-refractivity contribution is -0.120. The summed E-state index contributed by atoms with van der Waals surface area (Å²) in [6.07, 6.45) is 2.21. The standard InChI is InChI=1S/C20H19NO2/c1-2-3-13-17(22)21-19-18(14-9-5-4-6-10-14)15-11-7-8-12-16(15)20(19)23/h4-12H,2-3,13H2,1H3,(H,21,22,23). The first kappa shape index (κ1) is 15.2. The number of hydrogen-bond acceptors (Lipinski definition) is 2. The van der Waals surface area contributed by atoms with Crippen LogP contribution >= 0.6 is 0 Å². The lowest BCUT2D eigenvalue weighted by Gasteiger charge is -2.09. The third kappa shape index (κ3) is 2.95. The van der Waals surface area contributed by atoms with E-state index >= 15 is 0 Å². The van der Waals surface area contributed by atoms with E-state index in [1.807, 2.05) is 61.5 Å². The molecular formula is C20H19NO2. The third-order valence-corrected chi connectivity index (χ3v) is 4.00. The zero-order chi connectivity index (χ0) is 16.2. The van der Waals surface area contributed by atoms with E-state index in [2.05, 4.69) is 5.32 Å². The number of hydrogen-bond donors (Lipinski definition) is 1. The third-order valence-electron chi connectivity index (χ3n) is 4.00. The monoisotopic (exact) mass is 305 g/mol. The lowest BCUT2D eigenvalue weighted by atomic mass is 9.99. The second-order valence-electron chi connectivity index (χ2n) is 5.64. The van der Waals surface area contributed by atoms with E-state index in [0.717, 1.165) is 29.5 Å². The van der Waals surface area contributed by atoms with E-state index in [1.165, 1.54) is 0 Å². The minimum absolute atomic E-state index is 0.101. The number of rotatable bonds is 5. The first-order valence-electron chi connectivity index (χ1n) is 7.96. The van der Waals surface area contributed by atoms with Crippen LogP contribution in [0.1, 0.15) is 47.7 Å². The van der Waals surface area contributed by atoms with Crippen molar-refractivity contribution in [3.63, 3.8) is 0 Å². The van der Waals surface area contributed by atoms with Crippen molar-refractivity contribution in [2.45, 2.75) is 26.2 Å². The average molecular weight is 305 g/mol. The van der Waals surface area contributed by atoms with Crippen LogP contribution in [0.4, 0.5) is 0 Å². The molecule has 2 aromatic carbocycles. The fourth-order valence-corrected chi connectivity index (χ4v) is 2.85. The summed E-state index contributed by atoms with van der Waals surface area (Å²) in [5.74, 6) is -0.208. The number of benzene rings is 2. The van der Waals surface area contributed by atoms with Crippen LogP contribution in [0.15, 0.2) is 60.3 Å². The first-order chi connectivity index (χ1) is 11.2. The number of amides is 1. The average Bonchev–Trinajstić information content (AvgIpc) is 2.86. The van der Waals surface area contributed by atoms with Crippen molar-refractivity contribution < 1.29 is 9.59 Å². The Hall–Kier alpha value is -2.68. The topological polar surface area (TPSA) is 46.2 Å². The number of ketones is 1. The molecule has 0 aromatic heterocycles. The molecule has 116 valence electrons. The molecule has 0 aliphatic heterocycles. The summed E-state index contributed by atoms with van der Waals surface area (Å²) in [7, 11) is 0. The number of allylic oxidation sites excluding steroid dienone is 1. The van der Waals surface area contributed by atoms with E-state index < -0.39 is 0 Å². The van der Waals surface area contributed by atoms with Gasteiger partial charge in [0.2, 0.25) is 11.7 Å². The van der Waals surface area contributed by atoms with E-state index in [-0.39, 0.29) is 11.7 Å². The van der Waals surface area contributed by atoms with Gasteiger partial charge in [0.05, 0.1) is 5.70 Å². The quantitative estimate of drug-likeness (QED) is 0.909. The van der Waals surface area contributed by atoms with Gasteiger partial charge in [-0.05, 0) is 17.5 Å². The van der Waals surface area contributed by atoms with Crippen molar-refractivity contribution in [2.24, 2.45) is 0 Å². The van der Waals surface area contributed by atoms with Gasteiger partial charge >= 0.3 is 0 Å². The molecule has 0 spiro atoms. The van der Waals surface area contributed by atoms with Crippen molar-refractivity contribution in [2.75, 3.05) is 0 Å². The SMILES string of the molecule is CCCCC(=O)NC1=C(c2ccccc2)c2ccccc2C1=O. The predicted molar refractivity (Wildman–Crippen MR) is 90.9 cm³/mol. The van der Waals surface area contributed by atoms with Gasteiger partial charge in [0.15, 0.2) is 0 Å². The Morgan fingerprint density at radius 2 is 1.61 bits per heavy atom. The Bertz CT molecular complexity index is 775. The molecule has 1 aliphatic rings. The van der Waals surface area contributed by atoms with Crippen LogP contribution in [0.2, 0.25) is 0 Å². The lowest BCUT2D eigenvalue weighted by Crippen LogP contribution is -2.26. The van der Waals surface area contributed by atoms with E-state index in [9.17, 15) is 9.59 Å². The molecule has 3 nitrogen and oxygen atoms in total. The summed E-state index contributed by atoms with van der Waals surface area (Å²) in [6.45, 7) is 2.04. The molecule has 1 aliphatic carbocycles. The van der Waals surface area contributed by atoms with Gasteiger partial charge in [-0.3, -0.25) is 9.59 Å². The van der Waals surface area contributed by atoms with Crippen molar-refractivity contribution in [1.82, 2.24) is 5.32 Å². The molecule has 0 bridgehead atoms. The van der Waals surface area contributed by atoms with Gasteiger partial charge in [-0.2, -0.15) is 0 Å². The number of unbranched alkanes of at least 4 members (excludes halogenated alkanes) is 1. The van der Waals surface area contributed by atoms with Gasteiger partial charge in [-0.15, -0.1) is 0 Å². The molecule has 0 atom stereocenters. The number of carbonyl (C=O) groups is 2. The Labute approximate surface area is 136 Å². The van der Waals surface area contributed by atoms with Crippen molar-refractivity contribution >= 4 is 17.3 Å². The molecule has 0 heterocycles. The zero-order valence-corrected chi connectivity index (χ0v) is 13.1. The molecular weight excluding hydrogens is 286 g/mol. The van der Waals surface area contributed by atoms with Gasteiger partial charge in [0.25, 0.3) is 0 Å². The van der Waals surface area contributed by atoms with E-state index in [4.69, 9.17) is 0 Å². The van der Waals surface area contributed by atoms with Crippen molar-refractivity contribution in [1.29, 1.82) is 0 Å². The summed E-state index contributed by atoms with van der Waals surface area (Å²) < 4.78 is 0. The fraction of sp³-hybridized carbons (Fsp3) is 0.200. The van der Waals surface area contributed by atoms with Crippen LogP contribution in [0.25, 0.3) is 5.57 Å². The van der Waals surface area contributed by atoms with Crippen LogP contribution in [-0.4, -0.2) is 11.7 Å². The Morgan fingerprint density at radius 3 is 2.30 bits per heavy atom. The highest BCUT2D eigenvalue weighted by Crippen LogP contribution is 2.36. The Balaban J connectivity index is 2.05. The van der Waals surface area contributed by atoms with Crippen LogP contribution in [0.3, 0.4) is 0 Å². The zero-order valence-electron chi connectivity index (χ0n) is 13.1. The highest BCUT2D eigenvalue weighted by atomic mass is 16.2. The maximum absolute atomic E-state index is 12.7. The van der Waals surface area contributed by atoms with Gasteiger partial charge in [0.1, 0.15) is 0 Å². The smallest absolute Gasteiger partial charge is 0.224 e. The maximum Gasteiger partial charge on any atom is 0.224 e. The molecule has 0 radical (unpaired) electrons. The normalized spacial score (nSPS) is 13.2. The molecule has 1 amide bonds. The van der Waals surface area contributed by atoms with Gasteiger partial charge < -0.3 is 5.32 Å². The number of nitrogens with one attached hydrogen (secondary N) is 1. The van der Waals surface area contributed by atoms with Crippen LogP contribution < -0.4 is 5.32 Å². The van der Waals surface area contributed by atoms with Crippen molar-refractivity contribution in [3.05, 3.63) is 77.0 Å². The van der Waals surface area contributed by atoms with Crippen LogP contribution in [0, 0.1) is 0 Å². The molecule has 0 saturated carbocycles. The van der Waals surface area contributed by atoms with E-state index in [1.54, 1.807) is 0 Å². The summed E-state index contributed by atoms with van der Waals surface area (Å²) in [6, 6.07) is 17.2. The molecule has 23 heavy (non-hydrogen) atoms. The molecule has 2 aromatic rings. The molecule has 3 rings (SSSR count). The van der Waals surface area contributed by atoms with E-state index in [0.29, 0.717) is 17.7 Å². The summed E-state index contributed by atoms with van der Waals surface area (Å²) in [5.41, 5.74) is 3.69. The highest BCUT2D eigenvalue weighted by molar-refractivity contribution is 6.23. The second kappa shape index (κ2) is 6.61. The van der Waals surface area contributed by atoms with Gasteiger partial charge in [-0.1, -0.05) is 67.9 Å². The highest BCUT2D eigenvalue weighted by Gasteiger charge is 2.31. The summed E-state index contributed by atoms with van der Waals surface area (Å²) in [5, 5.41) is 2.85. The number of Topliss-reactive ketones (excluding diaryl/α,β-unsaturated/α-hetero) is 1. The predicted octanol–water partition coefficient (Wildman–Crippen LogP) is 3.95. The van der Waals surface area contributed by atoms with Crippen LogP contribution in [-0.2, 0) is 4.79 Å². The molecule has 0 fully saturated rings. The molecule has 3 heteroatoms. The summed E-state index contributed by atoms with van der Waals surface area (Å²) >= 11 is 0. The van der Waals surface area contributed by atoms with Gasteiger partial charge in [0, 0.05) is 17.6 Å². The second-order valence-corrected chi connectivity index (χ2v) is 5.64. The van der Waals surface area contributed by atoms with Crippen molar-refractivity contribution in [3.8, 4) is 0 Å². The maximum atomic E-state index is 12.7. The summed E-state index contributed by atoms with van der Waals surface area (Å²) in [4.78, 5) is 24.9. The largest absolute Gasteiger partial charge is 0.322 e. The molecule has 0 saturated heterocycles. The fourth-order valence-electron chi connectivity index (χ4n) is 2.85. The number of carbonyl (C=O) groups excluding carboxylic acids is 2. The Kier molecular flexibility index (Phi) is 4.38. The Morgan fingerprint density at radius 1 is 0.957 bits per heavy atom. The van der Waals surface area contributed by atoms with Gasteiger partial charge in [-0.25, -0.2) is 0 Å². The molecule has 0 unspecified atom stereocenters. The molecule has 1 N–H and O–H groups in total.